The topological polar surface area (TPSA) is 42.0 Å². The van der Waals surface area contributed by atoms with Crippen molar-refractivity contribution in [1.29, 1.82) is 0 Å². The highest BCUT2D eigenvalue weighted by Crippen LogP contribution is 2.24. The molecule has 3 nitrogen and oxygen atoms in total. The van der Waals surface area contributed by atoms with Crippen LogP contribution in [0.3, 0.4) is 0 Å². The lowest BCUT2D eigenvalue weighted by atomic mass is 10.2. The van der Waals surface area contributed by atoms with Gasteiger partial charge in [0.2, 0.25) is 0 Å². The van der Waals surface area contributed by atoms with Gasteiger partial charge in [0, 0.05) is 0 Å². The van der Waals surface area contributed by atoms with Gasteiger partial charge < -0.3 is 5.32 Å². The van der Waals surface area contributed by atoms with Gasteiger partial charge in [-0.15, -0.1) is 11.3 Å². The second-order valence-electron chi connectivity index (χ2n) is 3.58. The van der Waals surface area contributed by atoms with Crippen molar-refractivity contribution in [3.63, 3.8) is 0 Å². The van der Waals surface area contributed by atoms with Crippen molar-refractivity contribution in [2.75, 3.05) is 5.32 Å². The van der Waals surface area contributed by atoms with E-state index in [9.17, 15) is 4.79 Å². The van der Waals surface area contributed by atoms with Gasteiger partial charge in [-0.25, -0.2) is 4.98 Å². The number of nitrogens with zero attached hydrogens (tertiary/aromatic N) is 1. The fourth-order valence-electron chi connectivity index (χ4n) is 1.49. The first kappa shape index (κ1) is 13.5. The number of aromatic nitrogens is 1. The summed E-state index contributed by atoms with van der Waals surface area (Å²) in [6.45, 7) is 2.03. The lowest BCUT2D eigenvalue weighted by Crippen LogP contribution is -2.12. The summed E-state index contributed by atoms with van der Waals surface area (Å²) in [7, 11) is 0. The van der Waals surface area contributed by atoms with Gasteiger partial charge in [-0.1, -0.05) is 18.5 Å². The summed E-state index contributed by atoms with van der Waals surface area (Å²) in [5.74, 6) is -0.113. The zero-order chi connectivity index (χ0) is 13.1. The predicted octanol–water partition coefficient (Wildman–Crippen LogP) is 4.37. The van der Waals surface area contributed by atoms with Crippen molar-refractivity contribution in [2.24, 2.45) is 0 Å². The average Bonchev–Trinajstić information content (AvgIpc) is 2.82. The summed E-state index contributed by atoms with van der Waals surface area (Å²) in [5.41, 5.74) is 1.67. The third-order valence-corrected chi connectivity index (χ3v) is 4.48. The van der Waals surface area contributed by atoms with Crippen LogP contribution in [-0.2, 0) is 6.42 Å². The fraction of sp³-hybridized carbons (Fsp3) is 0.167. The molecule has 94 valence electrons. The van der Waals surface area contributed by atoms with E-state index in [0.29, 0.717) is 15.3 Å². The van der Waals surface area contributed by atoms with E-state index in [1.807, 2.05) is 18.4 Å². The number of nitrogens with one attached hydrogen (secondary N) is 1. The number of carbonyl (C=O) groups excluding carboxylic acids is 1. The Hall–Kier alpha value is -0.910. The first-order valence-corrected chi connectivity index (χ1v) is 7.35. The van der Waals surface area contributed by atoms with Gasteiger partial charge in [0.25, 0.3) is 5.91 Å². The lowest BCUT2D eigenvalue weighted by molar-refractivity contribution is 0.103. The SMILES string of the molecule is CCc1ccsc1C(=O)Nc1cnc(Cl)c(Br)c1. The fourth-order valence-corrected chi connectivity index (χ4v) is 2.83. The third kappa shape index (κ3) is 2.91. The molecule has 0 aliphatic rings. The van der Waals surface area contributed by atoms with Crippen LogP contribution in [0.1, 0.15) is 22.2 Å². The smallest absolute Gasteiger partial charge is 0.266 e. The molecule has 2 rings (SSSR count). The molecule has 1 amide bonds. The van der Waals surface area contributed by atoms with Crippen LogP contribution in [0.25, 0.3) is 0 Å². The van der Waals surface area contributed by atoms with E-state index in [1.54, 1.807) is 6.07 Å². The van der Waals surface area contributed by atoms with Gasteiger partial charge in [0.05, 0.1) is 21.2 Å². The standard InChI is InChI=1S/C12H10BrClN2OS/c1-2-7-3-4-18-10(7)12(17)16-8-5-9(13)11(14)15-6-8/h3-6H,2H2,1H3,(H,16,17). The van der Waals surface area contributed by atoms with Crippen LogP contribution < -0.4 is 5.32 Å². The molecule has 2 aromatic heterocycles. The van der Waals surface area contributed by atoms with E-state index in [0.717, 1.165) is 16.9 Å². The Morgan fingerprint density at radius 3 is 3.06 bits per heavy atom. The molecule has 0 bridgehead atoms. The van der Waals surface area contributed by atoms with Gasteiger partial charge >= 0.3 is 0 Å². The van der Waals surface area contributed by atoms with Crippen molar-refractivity contribution >= 4 is 50.5 Å². The maximum atomic E-state index is 12.1. The minimum absolute atomic E-state index is 0.113. The molecule has 0 unspecified atom stereocenters. The zero-order valence-corrected chi connectivity index (χ0v) is 12.7. The summed E-state index contributed by atoms with van der Waals surface area (Å²) >= 11 is 10.5. The monoisotopic (exact) mass is 344 g/mol. The molecule has 18 heavy (non-hydrogen) atoms. The second kappa shape index (κ2) is 5.82. The quantitative estimate of drug-likeness (QED) is 0.839. The minimum Gasteiger partial charge on any atom is -0.320 e. The van der Waals surface area contributed by atoms with E-state index in [4.69, 9.17) is 11.6 Å². The Morgan fingerprint density at radius 1 is 1.61 bits per heavy atom. The molecular weight excluding hydrogens is 336 g/mol. The molecule has 0 fully saturated rings. The number of aryl methyl sites for hydroxylation is 1. The van der Waals surface area contributed by atoms with Gasteiger partial charge in [0.15, 0.2) is 0 Å². The first-order chi connectivity index (χ1) is 8.61. The van der Waals surface area contributed by atoms with Gasteiger partial charge in [-0.05, 0) is 45.4 Å². The molecule has 0 aromatic carbocycles. The van der Waals surface area contributed by atoms with E-state index >= 15 is 0 Å². The lowest BCUT2D eigenvalue weighted by Gasteiger charge is -2.05. The third-order valence-electron chi connectivity index (χ3n) is 2.39. The molecular formula is C12H10BrClN2OS. The van der Waals surface area contributed by atoms with Crippen molar-refractivity contribution < 1.29 is 4.79 Å². The molecule has 6 heteroatoms. The molecule has 0 saturated carbocycles. The van der Waals surface area contributed by atoms with Gasteiger partial charge in [-0.2, -0.15) is 0 Å². The molecule has 0 atom stereocenters. The zero-order valence-electron chi connectivity index (χ0n) is 9.54. The van der Waals surface area contributed by atoms with Crippen LogP contribution in [0.15, 0.2) is 28.2 Å². The summed E-state index contributed by atoms with van der Waals surface area (Å²) < 4.78 is 0.656. The van der Waals surface area contributed by atoms with Crippen molar-refractivity contribution in [3.8, 4) is 0 Å². The number of amides is 1. The van der Waals surface area contributed by atoms with E-state index < -0.39 is 0 Å². The van der Waals surface area contributed by atoms with Crippen LogP contribution in [0.2, 0.25) is 5.15 Å². The van der Waals surface area contributed by atoms with Crippen molar-refractivity contribution in [1.82, 2.24) is 4.98 Å². The Balaban J connectivity index is 2.19. The normalized spacial score (nSPS) is 10.4. The number of hydrogen-bond acceptors (Lipinski definition) is 3. The summed E-state index contributed by atoms with van der Waals surface area (Å²) in [4.78, 5) is 16.8. The summed E-state index contributed by atoms with van der Waals surface area (Å²) in [6, 6.07) is 3.70. The highest BCUT2D eigenvalue weighted by atomic mass is 79.9. The van der Waals surface area contributed by atoms with Crippen LogP contribution in [0, 0.1) is 0 Å². The molecule has 2 aromatic rings. The molecule has 0 aliphatic heterocycles. The van der Waals surface area contributed by atoms with E-state index in [1.165, 1.54) is 17.5 Å². The highest BCUT2D eigenvalue weighted by Gasteiger charge is 2.12. The highest BCUT2D eigenvalue weighted by molar-refractivity contribution is 9.10. The van der Waals surface area contributed by atoms with Crippen LogP contribution in [0.4, 0.5) is 5.69 Å². The van der Waals surface area contributed by atoms with E-state index in [-0.39, 0.29) is 5.91 Å². The molecule has 1 N–H and O–H groups in total. The number of carbonyl (C=O) groups is 1. The van der Waals surface area contributed by atoms with Gasteiger partial charge in [-0.3, -0.25) is 4.79 Å². The maximum absolute atomic E-state index is 12.1. The first-order valence-electron chi connectivity index (χ1n) is 5.30. The average molecular weight is 346 g/mol. The largest absolute Gasteiger partial charge is 0.320 e. The number of anilines is 1. The number of halogens is 2. The minimum atomic E-state index is -0.113. The Labute approximate surface area is 122 Å². The van der Waals surface area contributed by atoms with Crippen molar-refractivity contribution in [2.45, 2.75) is 13.3 Å². The number of pyridine rings is 1. The van der Waals surface area contributed by atoms with Crippen molar-refractivity contribution in [3.05, 3.63) is 43.8 Å². The maximum Gasteiger partial charge on any atom is 0.266 e. The second-order valence-corrected chi connectivity index (χ2v) is 5.71. The van der Waals surface area contributed by atoms with Crippen LogP contribution in [-0.4, -0.2) is 10.9 Å². The van der Waals surface area contributed by atoms with Gasteiger partial charge in [0.1, 0.15) is 5.15 Å². The number of thiophene rings is 1. The molecule has 0 saturated heterocycles. The summed E-state index contributed by atoms with van der Waals surface area (Å²) in [6.07, 6.45) is 2.37. The predicted molar refractivity (Wildman–Crippen MR) is 78.6 cm³/mol. The Bertz CT molecular complexity index is 585. The Morgan fingerprint density at radius 2 is 2.39 bits per heavy atom. The number of rotatable bonds is 3. The van der Waals surface area contributed by atoms with E-state index in [2.05, 4.69) is 26.2 Å². The molecule has 0 spiro atoms. The summed E-state index contributed by atoms with van der Waals surface area (Å²) in [5, 5.41) is 5.10. The molecule has 0 radical (unpaired) electrons. The molecule has 2 heterocycles. The van der Waals surface area contributed by atoms with Crippen LogP contribution in [0.5, 0.6) is 0 Å². The Kier molecular flexibility index (Phi) is 4.37. The number of hydrogen-bond donors (Lipinski definition) is 1. The molecule has 0 aliphatic carbocycles. The van der Waals surface area contributed by atoms with Crippen LogP contribution >= 0.6 is 38.9 Å².